The van der Waals surface area contributed by atoms with E-state index in [4.69, 9.17) is 15.2 Å². The van der Waals surface area contributed by atoms with E-state index in [0.717, 1.165) is 6.42 Å². The molecule has 0 amide bonds. The van der Waals surface area contributed by atoms with Crippen LogP contribution >= 0.6 is 0 Å². The molecule has 1 unspecified atom stereocenters. The zero-order valence-corrected chi connectivity index (χ0v) is 14.6. The highest BCUT2D eigenvalue weighted by molar-refractivity contribution is 7.89. The van der Waals surface area contributed by atoms with E-state index in [2.05, 4.69) is 0 Å². The quantitative estimate of drug-likeness (QED) is 0.723. The first-order chi connectivity index (χ1) is 10.9. The van der Waals surface area contributed by atoms with Gasteiger partial charge in [-0.15, -0.1) is 0 Å². The van der Waals surface area contributed by atoms with Gasteiger partial charge in [0.2, 0.25) is 10.0 Å². The van der Waals surface area contributed by atoms with Gasteiger partial charge in [0.15, 0.2) is 0 Å². The summed E-state index contributed by atoms with van der Waals surface area (Å²) in [4.78, 5) is 0.288. The Bertz CT molecular complexity index is 603. The van der Waals surface area contributed by atoms with E-state index < -0.39 is 10.0 Å². The Hall–Kier alpha value is -1.15. The molecule has 0 bridgehead atoms. The molecule has 130 valence electrons. The van der Waals surface area contributed by atoms with Crippen molar-refractivity contribution in [1.29, 1.82) is 0 Å². The van der Waals surface area contributed by atoms with Crippen molar-refractivity contribution in [3.63, 3.8) is 0 Å². The third kappa shape index (κ3) is 4.44. The summed E-state index contributed by atoms with van der Waals surface area (Å²) in [6.07, 6.45) is 0.793. The van der Waals surface area contributed by atoms with Gasteiger partial charge in [0.05, 0.1) is 11.5 Å². The van der Waals surface area contributed by atoms with Gasteiger partial charge in [-0.25, -0.2) is 8.42 Å². The van der Waals surface area contributed by atoms with Crippen molar-refractivity contribution < 1.29 is 17.9 Å². The third-order valence-corrected chi connectivity index (χ3v) is 6.04. The highest BCUT2D eigenvalue weighted by Crippen LogP contribution is 2.32. The predicted octanol–water partition coefficient (Wildman–Crippen LogP) is 1.46. The normalized spacial score (nSPS) is 22.4. The number of sulfonamides is 1. The molecule has 0 aromatic heterocycles. The maximum Gasteiger partial charge on any atom is 0.243 e. The maximum absolute atomic E-state index is 12.7. The van der Waals surface area contributed by atoms with Crippen LogP contribution in [0.4, 0.5) is 0 Å². The van der Waals surface area contributed by atoms with Gasteiger partial charge >= 0.3 is 0 Å². The molecule has 1 atom stereocenters. The minimum absolute atomic E-state index is 0.130. The lowest BCUT2D eigenvalue weighted by Crippen LogP contribution is -2.34. The molecule has 1 aliphatic heterocycles. The van der Waals surface area contributed by atoms with Crippen LogP contribution in [0.1, 0.15) is 20.3 Å². The summed E-state index contributed by atoms with van der Waals surface area (Å²) in [7, 11) is -3.47. The van der Waals surface area contributed by atoms with Gasteiger partial charge in [-0.3, -0.25) is 0 Å². The predicted molar refractivity (Wildman–Crippen MR) is 89.0 cm³/mol. The molecule has 0 aliphatic carbocycles. The van der Waals surface area contributed by atoms with Crippen molar-refractivity contribution in [3.8, 4) is 5.75 Å². The van der Waals surface area contributed by atoms with Gasteiger partial charge < -0.3 is 15.2 Å². The number of nitrogens with two attached hydrogens (primary N) is 1. The summed E-state index contributed by atoms with van der Waals surface area (Å²) in [6.45, 7) is 7.04. The van der Waals surface area contributed by atoms with Crippen LogP contribution in [0.5, 0.6) is 5.75 Å². The molecule has 0 spiro atoms. The fourth-order valence-electron chi connectivity index (χ4n) is 2.57. The van der Waals surface area contributed by atoms with Gasteiger partial charge in [0, 0.05) is 19.7 Å². The van der Waals surface area contributed by atoms with Gasteiger partial charge in [-0.05, 0) is 49.6 Å². The monoisotopic (exact) mass is 342 g/mol. The van der Waals surface area contributed by atoms with E-state index in [1.165, 1.54) is 4.31 Å². The molecule has 0 radical (unpaired) electrons. The standard InChI is InChI=1S/C16H26N2O4S/c1-3-21-10-11-22-14-4-6-15(7-5-14)23(19,20)18-9-8-16(2,12-17)13-18/h4-7H,3,8-13,17H2,1-2H3. The first kappa shape index (κ1) is 18.2. The van der Waals surface area contributed by atoms with E-state index in [-0.39, 0.29) is 10.3 Å². The topological polar surface area (TPSA) is 81.9 Å². The fourth-order valence-corrected chi connectivity index (χ4v) is 4.16. The molecule has 0 saturated carbocycles. The van der Waals surface area contributed by atoms with E-state index in [1.807, 2.05) is 13.8 Å². The van der Waals surface area contributed by atoms with Crippen LogP contribution in [0.15, 0.2) is 29.2 Å². The molecule has 2 N–H and O–H groups in total. The number of ether oxygens (including phenoxy) is 2. The van der Waals surface area contributed by atoms with Crippen LogP contribution < -0.4 is 10.5 Å². The lowest BCUT2D eigenvalue weighted by Gasteiger charge is -2.22. The van der Waals surface area contributed by atoms with Crippen LogP contribution in [-0.2, 0) is 14.8 Å². The van der Waals surface area contributed by atoms with Gasteiger partial charge in [0.1, 0.15) is 12.4 Å². The van der Waals surface area contributed by atoms with Crippen molar-refractivity contribution in [2.75, 3.05) is 39.5 Å². The van der Waals surface area contributed by atoms with Crippen molar-refractivity contribution in [1.82, 2.24) is 4.31 Å². The zero-order chi connectivity index (χ0) is 16.9. The lowest BCUT2D eigenvalue weighted by atomic mass is 9.90. The number of benzene rings is 1. The summed E-state index contributed by atoms with van der Waals surface area (Å²) in [5.41, 5.74) is 5.62. The van der Waals surface area contributed by atoms with Crippen LogP contribution in [0.2, 0.25) is 0 Å². The summed E-state index contributed by atoms with van der Waals surface area (Å²) in [6, 6.07) is 6.53. The highest BCUT2D eigenvalue weighted by Gasteiger charge is 2.38. The first-order valence-corrected chi connectivity index (χ1v) is 9.36. The van der Waals surface area contributed by atoms with Gasteiger partial charge in [-0.1, -0.05) is 6.92 Å². The average molecular weight is 342 g/mol. The highest BCUT2D eigenvalue weighted by atomic mass is 32.2. The van der Waals surface area contributed by atoms with Crippen LogP contribution in [-0.4, -0.2) is 52.2 Å². The van der Waals surface area contributed by atoms with Crippen molar-refractivity contribution in [2.45, 2.75) is 25.2 Å². The number of hydrogen-bond donors (Lipinski definition) is 1. The molecule has 1 heterocycles. The van der Waals surface area contributed by atoms with Crippen LogP contribution in [0.25, 0.3) is 0 Å². The molecular formula is C16H26N2O4S. The Balaban J connectivity index is 2.01. The fraction of sp³-hybridized carbons (Fsp3) is 0.625. The molecular weight excluding hydrogens is 316 g/mol. The summed E-state index contributed by atoms with van der Waals surface area (Å²) >= 11 is 0. The second kappa shape index (κ2) is 7.61. The number of nitrogens with zero attached hydrogens (tertiary/aromatic N) is 1. The Morgan fingerprint density at radius 1 is 1.26 bits per heavy atom. The van der Waals surface area contributed by atoms with Crippen LogP contribution in [0.3, 0.4) is 0 Å². The zero-order valence-electron chi connectivity index (χ0n) is 13.8. The van der Waals surface area contributed by atoms with Crippen molar-refractivity contribution >= 4 is 10.0 Å². The van der Waals surface area contributed by atoms with Gasteiger partial charge in [-0.2, -0.15) is 4.31 Å². The van der Waals surface area contributed by atoms with Crippen LogP contribution in [0, 0.1) is 5.41 Å². The Morgan fingerprint density at radius 3 is 2.52 bits per heavy atom. The molecule has 2 rings (SSSR count). The minimum Gasteiger partial charge on any atom is -0.491 e. The Labute approximate surface area is 138 Å². The molecule has 23 heavy (non-hydrogen) atoms. The molecule has 1 aromatic rings. The molecule has 1 aromatic carbocycles. The smallest absolute Gasteiger partial charge is 0.243 e. The van der Waals surface area contributed by atoms with E-state index in [1.54, 1.807) is 24.3 Å². The number of hydrogen-bond acceptors (Lipinski definition) is 5. The third-order valence-electron chi connectivity index (χ3n) is 4.18. The van der Waals surface area contributed by atoms with E-state index >= 15 is 0 Å². The van der Waals surface area contributed by atoms with Crippen molar-refractivity contribution in [2.24, 2.45) is 11.1 Å². The molecule has 1 aliphatic rings. The molecule has 6 nitrogen and oxygen atoms in total. The molecule has 1 saturated heterocycles. The maximum atomic E-state index is 12.7. The second-order valence-corrected chi connectivity index (χ2v) is 8.06. The number of rotatable bonds is 8. The first-order valence-electron chi connectivity index (χ1n) is 7.92. The Kier molecular flexibility index (Phi) is 6.02. The van der Waals surface area contributed by atoms with E-state index in [0.29, 0.717) is 45.2 Å². The largest absolute Gasteiger partial charge is 0.491 e. The SMILES string of the molecule is CCOCCOc1ccc(S(=O)(=O)N2CCC(C)(CN)C2)cc1. The van der Waals surface area contributed by atoms with Gasteiger partial charge in [0.25, 0.3) is 0 Å². The molecule has 7 heteroatoms. The lowest BCUT2D eigenvalue weighted by molar-refractivity contribution is 0.110. The average Bonchev–Trinajstić information content (AvgIpc) is 2.96. The second-order valence-electron chi connectivity index (χ2n) is 6.12. The summed E-state index contributed by atoms with van der Waals surface area (Å²) in [5, 5.41) is 0. The summed E-state index contributed by atoms with van der Waals surface area (Å²) in [5.74, 6) is 0.636. The van der Waals surface area contributed by atoms with E-state index in [9.17, 15) is 8.42 Å². The minimum atomic E-state index is -3.47. The molecule has 1 fully saturated rings. The Morgan fingerprint density at radius 2 is 1.96 bits per heavy atom. The summed E-state index contributed by atoms with van der Waals surface area (Å²) < 4.78 is 37.6. The van der Waals surface area contributed by atoms with Crippen molar-refractivity contribution in [3.05, 3.63) is 24.3 Å².